The molecule has 0 unspecified atom stereocenters. The molecule has 9 nitrogen and oxygen atoms in total. The first-order valence-electron chi connectivity index (χ1n) is 18.7. The van der Waals surface area contributed by atoms with E-state index >= 15 is 0 Å². The molecule has 286 valence electrons. The van der Waals surface area contributed by atoms with E-state index < -0.39 is 0 Å². The Labute approximate surface area is 336 Å². The summed E-state index contributed by atoms with van der Waals surface area (Å²) in [7, 11) is 0. The van der Waals surface area contributed by atoms with Crippen LogP contribution in [0.15, 0.2) is 102 Å². The van der Waals surface area contributed by atoms with E-state index in [0.717, 1.165) is 58.6 Å². The van der Waals surface area contributed by atoms with Gasteiger partial charge in [0.15, 0.2) is 0 Å². The molecule has 3 aromatic carbocycles. The van der Waals surface area contributed by atoms with Gasteiger partial charge in [-0.05, 0) is 68.6 Å². The van der Waals surface area contributed by atoms with Gasteiger partial charge in [0.05, 0.1) is 59.9 Å². The van der Waals surface area contributed by atoms with Crippen LogP contribution < -0.4 is 0 Å². The smallest absolute Gasteiger partial charge is 0.272 e. The van der Waals surface area contributed by atoms with Crippen molar-refractivity contribution in [3.05, 3.63) is 157 Å². The zero-order valence-corrected chi connectivity index (χ0v) is 33.8. The minimum Gasteiger partial charge on any atom is -0.378 e. The van der Waals surface area contributed by atoms with Crippen LogP contribution in [0.4, 0.5) is 0 Å². The van der Waals surface area contributed by atoms with E-state index in [1.54, 1.807) is 22.7 Å². The zero-order valence-electron chi connectivity index (χ0n) is 31.4. The lowest BCUT2D eigenvalue weighted by Gasteiger charge is -2.43. The van der Waals surface area contributed by atoms with Crippen molar-refractivity contribution in [3.63, 3.8) is 0 Å². The molecule has 0 spiro atoms. The van der Waals surface area contributed by atoms with Crippen molar-refractivity contribution >= 4 is 40.2 Å². The number of rotatable bonds is 11. The maximum Gasteiger partial charge on any atom is 0.272 e. The minimum atomic E-state index is -0.0145. The molecular formula is C43H47ClN6O3S2. The standard InChI is InChI=1S/C33H35ClN4O2.C10H12N2OS2/c34-29-13-11-26(12-14-29)23-38-25-35-30(31(38)32(39)37-19-21-40-22-20-37)24-36-17-15-33(16-18-36,27-7-3-1-4-8-27)28-9-5-2-6-10-28;1-7-11-9(5-14-7)3-13-4-10-6-15-8(2)12-10/h1-14,25H,15-24H2;5-6H,3-4H2,1-2H3. The maximum atomic E-state index is 13.8. The van der Waals surface area contributed by atoms with Gasteiger partial charge < -0.3 is 18.9 Å². The fraction of sp³-hybridized carbons (Fsp3) is 0.349. The van der Waals surface area contributed by atoms with Gasteiger partial charge in [0.2, 0.25) is 0 Å². The van der Waals surface area contributed by atoms with Crippen molar-refractivity contribution in [2.24, 2.45) is 0 Å². The van der Waals surface area contributed by atoms with E-state index in [4.69, 9.17) is 26.1 Å². The topological polar surface area (TPSA) is 85.6 Å². The zero-order chi connectivity index (χ0) is 38.0. The average molecular weight is 795 g/mol. The number of imidazole rings is 1. The first kappa shape index (κ1) is 39.0. The second kappa shape index (κ2) is 18.6. The van der Waals surface area contributed by atoms with Crippen molar-refractivity contribution < 1.29 is 14.3 Å². The van der Waals surface area contributed by atoms with Crippen LogP contribution in [0.2, 0.25) is 5.02 Å². The van der Waals surface area contributed by atoms with Crippen LogP contribution in [0, 0.1) is 13.8 Å². The Kier molecular flexibility index (Phi) is 13.2. The van der Waals surface area contributed by atoms with Gasteiger partial charge in [-0.25, -0.2) is 15.0 Å². The Morgan fingerprint density at radius 2 is 1.35 bits per heavy atom. The molecule has 3 aromatic heterocycles. The minimum absolute atomic E-state index is 0.0145. The van der Waals surface area contributed by atoms with Gasteiger partial charge in [0, 0.05) is 47.4 Å². The monoisotopic (exact) mass is 794 g/mol. The highest BCUT2D eigenvalue weighted by atomic mass is 35.5. The SMILES string of the molecule is Cc1nc(COCc2csc(C)n2)cs1.O=C(c1c(CN2CCC(c3ccccc3)(c3ccccc3)CC2)ncn1Cc1ccc(Cl)cc1)N1CCOCC1. The molecule has 0 radical (unpaired) electrons. The highest BCUT2D eigenvalue weighted by Gasteiger charge is 2.38. The Bertz CT molecular complexity index is 2020. The van der Waals surface area contributed by atoms with E-state index in [0.29, 0.717) is 63.3 Å². The second-order valence-electron chi connectivity index (χ2n) is 14.0. The fourth-order valence-electron chi connectivity index (χ4n) is 7.38. The molecule has 6 aromatic rings. The highest BCUT2D eigenvalue weighted by Crippen LogP contribution is 2.42. The molecule has 2 aliphatic heterocycles. The summed E-state index contributed by atoms with van der Waals surface area (Å²) in [5.74, 6) is 0.0321. The van der Waals surface area contributed by atoms with E-state index in [2.05, 4.69) is 75.5 Å². The summed E-state index contributed by atoms with van der Waals surface area (Å²) in [5.41, 5.74) is 7.34. The number of morpholine rings is 1. The largest absolute Gasteiger partial charge is 0.378 e. The van der Waals surface area contributed by atoms with Crippen LogP contribution in [0.3, 0.4) is 0 Å². The molecule has 55 heavy (non-hydrogen) atoms. The van der Waals surface area contributed by atoms with Crippen LogP contribution in [-0.4, -0.2) is 74.6 Å². The summed E-state index contributed by atoms with van der Waals surface area (Å²) >= 11 is 9.41. The van der Waals surface area contributed by atoms with Crippen LogP contribution in [0.25, 0.3) is 0 Å². The van der Waals surface area contributed by atoms with Crippen LogP contribution in [0.1, 0.15) is 67.1 Å². The van der Waals surface area contributed by atoms with E-state index in [-0.39, 0.29) is 11.3 Å². The van der Waals surface area contributed by atoms with Gasteiger partial charge >= 0.3 is 0 Å². The second-order valence-corrected chi connectivity index (χ2v) is 16.6. The number of aromatic nitrogens is 4. The summed E-state index contributed by atoms with van der Waals surface area (Å²) in [4.78, 5) is 31.6. The molecule has 2 fully saturated rings. The van der Waals surface area contributed by atoms with Gasteiger partial charge in [-0.2, -0.15) is 0 Å². The summed E-state index contributed by atoms with van der Waals surface area (Å²) < 4.78 is 13.0. The molecule has 5 heterocycles. The van der Waals surface area contributed by atoms with Gasteiger partial charge in [0.1, 0.15) is 5.69 Å². The molecule has 1 amide bonds. The average Bonchev–Trinajstić information content (AvgIpc) is 3.96. The first-order valence-corrected chi connectivity index (χ1v) is 20.9. The Hall–Kier alpha value is -4.23. The molecule has 0 bridgehead atoms. The van der Waals surface area contributed by atoms with E-state index in [1.165, 1.54) is 11.1 Å². The lowest BCUT2D eigenvalue weighted by Crippen LogP contribution is -2.44. The number of aryl methyl sites for hydroxylation is 2. The number of carbonyl (C=O) groups excluding carboxylic acids is 1. The van der Waals surface area contributed by atoms with Crippen molar-refractivity contribution in [2.75, 3.05) is 39.4 Å². The number of piperidine rings is 1. The molecule has 8 rings (SSSR count). The van der Waals surface area contributed by atoms with Crippen LogP contribution in [-0.2, 0) is 41.2 Å². The molecule has 2 aliphatic rings. The van der Waals surface area contributed by atoms with Gasteiger partial charge in [-0.1, -0.05) is 84.4 Å². The lowest BCUT2D eigenvalue weighted by molar-refractivity contribution is 0.0294. The summed E-state index contributed by atoms with van der Waals surface area (Å²) in [6.07, 6.45) is 3.85. The summed E-state index contributed by atoms with van der Waals surface area (Å²) in [6, 6.07) is 29.6. The van der Waals surface area contributed by atoms with Crippen LogP contribution >= 0.6 is 34.3 Å². The lowest BCUT2D eigenvalue weighted by atomic mass is 9.68. The molecule has 12 heteroatoms. The summed E-state index contributed by atoms with van der Waals surface area (Å²) in [6.45, 7) is 10.6. The predicted octanol–water partition coefficient (Wildman–Crippen LogP) is 8.57. The number of thiazole rings is 2. The van der Waals surface area contributed by atoms with E-state index in [1.807, 2.05) is 64.7 Å². The quantitative estimate of drug-likeness (QED) is 0.130. The van der Waals surface area contributed by atoms with Crippen molar-refractivity contribution in [2.45, 2.75) is 58.4 Å². The van der Waals surface area contributed by atoms with Gasteiger partial charge in [-0.3, -0.25) is 9.69 Å². The Morgan fingerprint density at radius 3 is 1.87 bits per heavy atom. The van der Waals surface area contributed by atoms with Crippen molar-refractivity contribution in [1.82, 2.24) is 29.3 Å². The van der Waals surface area contributed by atoms with Gasteiger partial charge in [0.25, 0.3) is 5.91 Å². The molecule has 0 saturated carbocycles. The Balaban J connectivity index is 0.000000259. The number of ether oxygens (including phenoxy) is 2. The molecule has 0 N–H and O–H groups in total. The number of nitrogens with zero attached hydrogens (tertiary/aromatic N) is 6. The maximum absolute atomic E-state index is 13.8. The van der Waals surface area contributed by atoms with Crippen LogP contribution in [0.5, 0.6) is 0 Å². The van der Waals surface area contributed by atoms with Crippen molar-refractivity contribution in [1.29, 1.82) is 0 Å². The molecule has 2 saturated heterocycles. The number of hydrogen-bond donors (Lipinski definition) is 0. The van der Waals surface area contributed by atoms with Crippen molar-refractivity contribution in [3.8, 4) is 0 Å². The highest BCUT2D eigenvalue weighted by molar-refractivity contribution is 7.09. The number of hydrogen-bond acceptors (Lipinski definition) is 9. The molecular weight excluding hydrogens is 748 g/mol. The third kappa shape index (κ3) is 9.96. The number of carbonyl (C=O) groups is 1. The summed E-state index contributed by atoms with van der Waals surface area (Å²) in [5, 5.41) is 6.92. The normalized spacial score (nSPS) is 15.7. The van der Waals surface area contributed by atoms with E-state index in [9.17, 15) is 4.79 Å². The predicted molar refractivity (Wildman–Crippen MR) is 220 cm³/mol. The number of halogens is 1. The number of likely N-dealkylation sites (tertiary alicyclic amines) is 1. The fourth-order valence-corrected chi connectivity index (χ4v) is 8.70. The first-order chi connectivity index (χ1) is 26.9. The third-order valence-corrected chi connectivity index (χ3v) is 12.1. The number of benzene rings is 3. The Morgan fingerprint density at radius 1 is 0.782 bits per heavy atom. The van der Waals surface area contributed by atoms with Gasteiger partial charge in [-0.15, -0.1) is 22.7 Å². The molecule has 0 atom stereocenters. The third-order valence-electron chi connectivity index (χ3n) is 10.2. The molecule has 0 aliphatic carbocycles. The number of amides is 1.